The number of amides is 1. The number of hydrogen-bond acceptors (Lipinski definition) is 3. The van der Waals surface area contributed by atoms with Crippen molar-refractivity contribution in [1.29, 1.82) is 0 Å². The van der Waals surface area contributed by atoms with Gasteiger partial charge in [0, 0.05) is 32.4 Å². The highest BCUT2D eigenvalue weighted by molar-refractivity contribution is 5.94. The van der Waals surface area contributed by atoms with Crippen molar-refractivity contribution in [1.82, 2.24) is 19.6 Å². The quantitative estimate of drug-likeness (QED) is 0.429. The zero-order valence-electron chi connectivity index (χ0n) is 18.3. The smallest absolute Gasteiger partial charge is 0.274 e. The minimum Gasteiger partial charge on any atom is -0.336 e. The van der Waals surface area contributed by atoms with Gasteiger partial charge in [0.1, 0.15) is 11.5 Å². The van der Waals surface area contributed by atoms with Gasteiger partial charge in [-0.2, -0.15) is 0 Å². The SMILES string of the molecule is CCC(NCc1c(C(=O)N(C)Cc2ccccc2)nc2ccccn12)c1ccc(F)cc1. The van der Waals surface area contributed by atoms with E-state index in [2.05, 4.69) is 17.2 Å². The molecule has 1 amide bonds. The van der Waals surface area contributed by atoms with Crippen molar-refractivity contribution in [2.45, 2.75) is 32.5 Å². The molecule has 0 fully saturated rings. The summed E-state index contributed by atoms with van der Waals surface area (Å²) in [6.45, 7) is 3.05. The van der Waals surface area contributed by atoms with Crippen LogP contribution in [0, 0.1) is 5.82 Å². The van der Waals surface area contributed by atoms with Crippen LogP contribution in [-0.4, -0.2) is 27.2 Å². The fourth-order valence-corrected chi connectivity index (χ4v) is 3.91. The van der Waals surface area contributed by atoms with Crippen LogP contribution in [0.2, 0.25) is 0 Å². The second kappa shape index (κ2) is 9.75. The lowest BCUT2D eigenvalue weighted by atomic mass is 10.0. The van der Waals surface area contributed by atoms with Gasteiger partial charge < -0.3 is 14.6 Å². The molecule has 0 aliphatic carbocycles. The Balaban J connectivity index is 1.59. The fraction of sp³-hybridized carbons (Fsp3) is 0.231. The highest BCUT2D eigenvalue weighted by atomic mass is 19.1. The number of nitrogens with one attached hydrogen (secondary N) is 1. The molecular formula is C26H27FN4O. The van der Waals surface area contributed by atoms with Gasteiger partial charge in [0.25, 0.3) is 5.91 Å². The summed E-state index contributed by atoms with van der Waals surface area (Å²) in [5.41, 5.74) is 4.06. The Labute approximate surface area is 187 Å². The van der Waals surface area contributed by atoms with Crippen LogP contribution >= 0.6 is 0 Å². The standard InChI is InChI=1S/C26H27FN4O/c1-3-22(20-12-14-21(27)15-13-20)28-17-23-25(29-24-11-7-8-16-31(23)24)26(32)30(2)18-19-9-5-4-6-10-19/h4-16,22,28H,3,17-18H2,1-2H3. The van der Waals surface area contributed by atoms with E-state index in [4.69, 9.17) is 0 Å². The molecule has 2 aromatic heterocycles. The van der Waals surface area contributed by atoms with Gasteiger partial charge in [-0.15, -0.1) is 0 Å². The number of halogens is 1. The van der Waals surface area contributed by atoms with E-state index in [1.807, 2.05) is 59.1 Å². The van der Waals surface area contributed by atoms with Gasteiger partial charge in [0.2, 0.25) is 0 Å². The van der Waals surface area contributed by atoms with E-state index in [1.54, 1.807) is 24.1 Å². The molecule has 0 saturated heterocycles. The Bertz CT molecular complexity index is 1190. The molecule has 5 nitrogen and oxygen atoms in total. The first-order valence-electron chi connectivity index (χ1n) is 10.8. The molecule has 164 valence electrons. The molecule has 1 N–H and O–H groups in total. The number of carbonyl (C=O) groups is 1. The summed E-state index contributed by atoms with van der Waals surface area (Å²) in [6.07, 6.45) is 2.76. The highest BCUT2D eigenvalue weighted by Crippen LogP contribution is 2.20. The molecule has 0 saturated carbocycles. The zero-order valence-corrected chi connectivity index (χ0v) is 18.3. The number of hydrogen-bond donors (Lipinski definition) is 1. The van der Waals surface area contributed by atoms with Gasteiger partial charge in [-0.3, -0.25) is 4.79 Å². The number of nitrogens with zero attached hydrogens (tertiary/aromatic N) is 3. The number of rotatable bonds is 8. The maximum Gasteiger partial charge on any atom is 0.274 e. The molecule has 0 aliphatic heterocycles. The number of benzene rings is 2. The number of aromatic nitrogens is 2. The molecule has 32 heavy (non-hydrogen) atoms. The maximum absolute atomic E-state index is 13.3. The van der Waals surface area contributed by atoms with E-state index in [9.17, 15) is 9.18 Å². The molecular weight excluding hydrogens is 403 g/mol. The summed E-state index contributed by atoms with van der Waals surface area (Å²) >= 11 is 0. The van der Waals surface area contributed by atoms with E-state index in [0.717, 1.165) is 28.9 Å². The molecule has 6 heteroatoms. The van der Waals surface area contributed by atoms with Gasteiger partial charge in [-0.25, -0.2) is 9.37 Å². The summed E-state index contributed by atoms with van der Waals surface area (Å²) in [5.74, 6) is -0.371. The minimum absolute atomic E-state index is 0.0369. The van der Waals surface area contributed by atoms with Gasteiger partial charge in [0.15, 0.2) is 5.69 Å². The molecule has 2 aromatic carbocycles. The molecule has 0 spiro atoms. The molecule has 4 aromatic rings. The molecule has 4 rings (SSSR count). The molecule has 2 heterocycles. The Morgan fingerprint density at radius 1 is 1.06 bits per heavy atom. The van der Waals surface area contributed by atoms with Crippen LogP contribution in [0.4, 0.5) is 4.39 Å². The monoisotopic (exact) mass is 430 g/mol. The van der Waals surface area contributed by atoms with Crippen LogP contribution in [0.5, 0.6) is 0 Å². The lowest BCUT2D eigenvalue weighted by Gasteiger charge is -2.19. The van der Waals surface area contributed by atoms with Crippen LogP contribution in [-0.2, 0) is 13.1 Å². The van der Waals surface area contributed by atoms with E-state index < -0.39 is 0 Å². The zero-order chi connectivity index (χ0) is 22.5. The van der Waals surface area contributed by atoms with Crippen LogP contribution in [0.3, 0.4) is 0 Å². The highest BCUT2D eigenvalue weighted by Gasteiger charge is 2.23. The Morgan fingerprint density at radius 3 is 2.50 bits per heavy atom. The van der Waals surface area contributed by atoms with Crippen LogP contribution < -0.4 is 5.32 Å². The molecule has 0 bridgehead atoms. The van der Waals surface area contributed by atoms with Crippen molar-refractivity contribution in [3.05, 3.63) is 107 Å². The minimum atomic E-state index is -0.250. The number of fused-ring (bicyclic) bond motifs is 1. The third-order valence-electron chi connectivity index (χ3n) is 5.64. The van der Waals surface area contributed by atoms with Crippen molar-refractivity contribution < 1.29 is 9.18 Å². The topological polar surface area (TPSA) is 49.6 Å². The van der Waals surface area contributed by atoms with Crippen molar-refractivity contribution >= 4 is 11.6 Å². The summed E-state index contributed by atoms with van der Waals surface area (Å²) in [5, 5.41) is 3.53. The van der Waals surface area contributed by atoms with Crippen LogP contribution in [0.25, 0.3) is 5.65 Å². The summed E-state index contributed by atoms with van der Waals surface area (Å²) < 4.78 is 15.3. The second-order valence-corrected chi connectivity index (χ2v) is 7.88. The van der Waals surface area contributed by atoms with Gasteiger partial charge in [-0.1, -0.05) is 55.5 Å². The predicted molar refractivity (Wildman–Crippen MR) is 124 cm³/mol. The largest absolute Gasteiger partial charge is 0.336 e. The molecule has 1 unspecified atom stereocenters. The van der Waals surface area contributed by atoms with E-state index in [-0.39, 0.29) is 17.8 Å². The van der Waals surface area contributed by atoms with Crippen molar-refractivity contribution in [2.24, 2.45) is 0 Å². The Hall–Kier alpha value is -3.51. The van der Waals surface area contributed by atoms with Crippen LogP contribution in [0.15, 0.2) is 79.0 Å². The number of carbonyl (C=O) groups excluding carboxylic acids is 1. The molecule has 1 atom stereocenters. The number of pyridine rings is 1. The second-order valence-electron chi connectivity index (χ2n) is 7.88. The summed E-state index contributed by atoms with van der Waals surface area (Å²) in [7, 11) is 1.80. The lowest BCUT2D eigenvalue weighted by Crippen LogP contribution is -2.29. The van der Waals surface area contributed by atoms with Crippen molar-refractivity contribution in [3.8, 4) is 0 Å². The van der Waals surface area contributed by atoms with Crippen molar-refractivity contribution in [2.75, 3.05) is 7.05 Å². The average Bonchev–Trinajstić information content (AvgIpc) is 3.19. The first-order chi connectivity index (χ1) is 15.6. The molecule has 0 radical (unpaired) electrons. The lowest BCUT2D eigenvalue weighted by molar-refractivity contribution is 0.0778. The first kappa shape index (κ1) is 21.7. The maximum atomic E-state index is 13.3. The van der Waals surface area contributed by atoms with E-state index in [0.29, 0.717) is 18.8 Å². The van der Waals surface area contributed by atoms with E-state index in [1.165, 1.54) is 12.1 Å². The third-order valence-corrected chi connectivity index (χ3v) is 5.64. The fourth-order valence-electron chi connectivity index (χ4n) is 3.91. The van der Waals surface area contributed by atoms with Gasteiger partial charge >= 0.3 is 0 Å². The first-order valence-corrected chi connectivity index (χ1v) is 10.8. The molecule has 0 aliphatic rings. The van der Waals surface area contributed by atoms with Crippen LogP contribution in [0.1, 0.15) is 46.7 Å². The van der Waals surface area contributed by atoms with Gasteiger partial charge in [-0.05, 0) is 41.8 Å². The third kappa shape index (κ3) is 4.70. The Morgan fingerprint density at radius 2 is 1.78 bits per heavy atom. The van der Waals surface area contributed by atoms with Gasteiger partial charge in [0.05, 0.1) is 5.69 Å². The summed E-state index contributed by atoms with van der Waals surface area (Å²) in [6, 6.07) is 22.2. The normalized spacial score (nSPS) is 12.1. The summed E-state index contributed by atoms with van der Waals surface area (Å²) in [4.78, 5) is 19.7. The Kier molecular flexibility index (Phi) is 6.61. The number of imidazole rings is 1. The predicted octanol–water partition coefficient (Wildman–Crippen LogP) is 4.99. The average molecular weight is 431 g/mol. The van der Waals surface area contributed by atoms with E-state index >= 15 is 0 Å². The van der Waals surface area contributed by atoms with Crippen molar-refractivity contribution in [3.63, 3.8) is 0 Å².